The molecular formula is C9H9N3OS. The van der Waals surface area contributed by atoms with Crippen molar-refractivity contribution >= 4 is 17.2 Å². The standard InChI is InChI=1S/C9H9N3OS/c10-8(13)4-9-12-7(5-14-9)6-2-1-3-11-6/h1-3,5,11H,4H2,(H2,10,13). The highest BCUT2D eigenvalue weighted by molar-refractivity contribution is 7.10. The Balaban J connectivity index is 2.22. The molecule has 0 unspecified atom stereocenters. The topological polar surface area (TPSA) is 71.8 Å². The molecule has 0 radical (unpaired) electrons. The van der Waals surface area contributed by atoms with Crippen molar-refractivity contribution in [2.75, 3.05) is 0 Å². The van der Waals surface area contributed by atoms with Crippen molar-refractivity contribution < 1.29 is 4.79 Å². The summed E-state index contributed by atoms with van der Waals surface area (Å²) in [5.74, 6) is -0.350. The largest absolute Gasteiger partial charge is 0.369 e. The fraction of sp³-hybridized carbons (Fsp3) is 0.111. The number of hydrogen-bond acceptors (Lipinski definition) is 3. The lowest BCUT2D eigenvalue weighted by Crippen LogP contribution is -2.13. The number of rotatable bonds is 3. The third-order valence-corrected chi connectivity index (χ3v) is 2.60. The number of amides is 1. The van der Waals surface area contributed by atoms with Gasteiger partial charge in [-0.15, -0.1) is 11.3 Å². The van der Waals surface area contributed by atoms with E-state index in [0.717, 1.165) is 16.4 Å². The van der Waals surface area contributed by atoms with Crippen LogP contribution in [0.5, 0.6) is 0 Å². The lowest BCUT2D eigenvalue weighted by atomic mass is 10.3. The van der Waals surface area contributed by atoms with E-state index in [4.69, 9.17) is 5.73 Å². The molecule has 14 heavy (non-hydrogen) atoms. The molecule has 0 aliphatic carbocycles. The number of carbonyl (C=O) groups is 1. The Kier molecular flexibility index (Phi) is 2.32. The number of nitrogens with one attached hydrogen (secondary N) is 1. The van der Waals surface area contributed by atoms with Crippen LogP contribution in [0.15, 0.2) is 23.7 Å². The summed E-state index contributed by atoms with van der Waals surface area (Å²) in [6.07, 6.45) is 2.05. The molecule has 0 saturated heterocycles. The normalized spacial score (nSPS) is 10.3. The van der Waals surface area contributed by atoms with Crippen molar-refractivity contribution in [2.45, 2.75) is 6.42 Å². The molecule has 2 aromatic heterocycles. The third kappa shape index (κ3) is 1.82. The van der Waals surface area contributed by atoms with Gasteiger partial charge in [-0.25, -0.2) is 4.98 Å². The van der Waals surface area contributed by atoms with Gasteiger partial charge in [-0.1, -0.05) is 0 Å². The van der Waals surface area contributed by atoms with Crippen LogP contribution in [0.3, 0.4) is 0 Å². The molecular weight excluding hydrogens is 198 g/mol. The predicted molar refractivity (Wildman–Crippen MR) is 54.8 cm³/mol. The van der Waals surface area contributed by atoms with Crippen LogP contribution in [0.1, 0.15) is 5.01 Å². The van der Waals surface area contributed by atoms with Crippen molar-refractivity contribution in [1.29, 1.82) is 0 Å². The van der Waals surface area contributed by atoms with Crippen LogP contribution in [0, 0.1) is 0 Å². The molecule has 0 aromatic carbocycles. The van der Waals surface area contributed by atoms with Crippen molar-refractivity contribution in [2.24, 2.45) is 5.73 Å². The molecule has 0 aliphatic rings. The molecule has 2 aromatic rings. The summed E-state index contributed by atoms with van der Waals surface area (Å²) in [5, 5.41) is 2.66. The van der Waals surface area contributed by atoms with E-state index in [1.807, 2.05) is 23.7 Å². The number of nitrogens with two attached hydrogens (primary N) is 1. The maximum atomic E-state index is 10.6. The van der Waals surface area contributed by atoms with Gasteiger partial charge in [0, 0.05) is 11.6 Å². The molecule has 0 atom stereocenters. The Morgan fingerprint density at radius 2 is 2.50 bits per heavy atom. The SMILES string of the molecule is NC(=O)Cc1nc(-c2ccc[nH]2)cs1. The van der Waals surface area contributed by atoms with E-state index < -0.39 is 0 Å². The predicted octanol–water partition coefficient (Wildman–Crippen LogP) is 1.17. The van der Waals surface area contributed by atoms with E-state index in [-0.39, 0.29) is 12.3 Å². The summed E-state index contributed by atoms with van der Waals surface area (Å²) in [4.78, 5) is 18.0. The second-order valence-electron chi connectivity index (χ2n) is 2.85. The third-order valence-electron chi connectivity index (χ3n) is 1.75. The van der Waals surface area contributed by atoms with Crippen LogP contribution in [0.4, 0.5) is 0 Å². The molecule has 2 heterocycles. The molecule has 0 spiro atoms. The van der Waals surface area contributed by atoms with Gasteiger partial charge in [0.2, 0.25) is 5.91 Å². The summed E-state index contributed by atoms with van der Waals surface area (Å²) in [6.45, 7) is 0. The maximum Gasteiger partial charge on any atom is 0.224 e. The first-order valence-electron chi connectivity index (χ1n) is 4.12. The number of nitrogens with zero attached hydrogens (tertiary/aromatic N) is 1. The van der Waals surface area contributed by atoms with Gasteiger partial charge in [-0.2, -0.15) is 0 Å². The molecule has 0 saturated carbocycles. The summed E-state index contributed by atoms with van der Waals surface area (Å²) >= 11 is 1.44. The molecule has 5 heteroatoms. The van der Waals surface area contributed by atoms with Crippen LogP contribution < -0.4 is 5.73 Å². The van der Waals surface area contributed by atoms with Gasteiger partial charge in [0.15, 0.2) is 0 Å². The lowest BCUT2D eigenvalue weighted by molar-refractivity contribution is -0.117. The van der Waals surface area contributed by atoms with Crippen LogP contribution in [0.2, 0.25) is 0 Å². The molecule has 4 nitrogen and oxygen atoms in total. The first kappa shape index (κ1) is 8.96. The minimum atomic E-state index is -0.350. The zero-order chi connectivity index (χ0) is 9.97. The minimum Gasteiger partial charge on any atom is -0.369 e. The molecule has 0 aliphatic heterocycles. The van der Waals surface area contributed by atoms with Crippen molar-refractivity contribution in [3.05, 3.63) is 28.7 Å². The van der Waals surface area contributed by atoms with Crippen LogP contribution in [0.25, 0.3) is 11.4 Å². The minimum absolute atomic E-state index is 0.214. The Hall–Kier alpha value is -1.62. The summed E-state index contributed by atoms with van der Waals surface area (Å²) in [5.41, 5.74) is 6.89. The molecule has 3 N–H and O–H groups in total. The number of thiazole rings is 1. The quantitative estimate of drug-likeness (QED) is 0.792. The molecule has 72 valence electrons. The zero-order valence-corrected chi connectivity index (χ0v) is 8.17. The molecule has 0 fully saturated rings. The van der Waals surface area contributed by atoms with Gasteiger partial charge in [-0.05, 0) is 12.1 Å². The van der Waals surface area contributed by atoms with Crippen LogP contribution >= 0.6 is 11.3 Å². The van der Waals surface area contributed by atoms with Gasteiger partial charge in [-0.3, -0.25) is 4.79 Å². The van der Waals surface area contributed by atoms with Crippen molar-refractivity contribution in [3.63, 3.8) is 0 Å². The van der Waals surface area contributed by atoms with E-state index >= 15 is 0 Å². The maximum absolute atomic E-state index is 10.6. The Morgan fingerprint density at radius 3 is 3.14 bits per heavy atom. The average Bonchev–Trinajstić information content (AvgIpc) is 2.69. The van der Waals surface area contributed by atoms with Crippen LogP contribution in [-0.2, 0) is 11.2 Å². The van der Waals surface area contributed by atoms with E-state index in [9.17, 15) is 4.79 Å². The first-order chi connectivity index (χ1) is 6.75. The highest BCUT2D eigenvalue weighted by Gasteiger charge is 2.06. The van der Waals surface area contributed by atoms with Crippen molar-refractivity contribution in [1.82, 2.24) is 9.97 Å². The first-order valence-corrected chi connectivity index (χ1v) is 5.00. The van der Waals surface area contributed by atoms with Gasteiger partial charge < -0.3 is 10.7 Å². The number of carbonyl (C=O) groups excluding carboxylic acids is 1. The second kappa shape index (κ2) is 3.63. The lowest BCUT2D eigenvalue weighted by Gasteiger charge is -1.89. The fourth-order valence-corrected chi connectivity index (χ4v) is 1.96. The number of aromatic nitrogens is 2. The summed E-state index contributed by atoms with van der Waals surface area (Å²) in [7, 11) is 0. The fourth-order valence-electron chi connectivity index (χ4n) is 1.15. The van der Waals surface area contributed by atoms with Gasteiger partial charge in [0.1, 0.15) is 5.01 Å². The monoisotopic (exact) mass is 207 g/mol. The Bertz CT molecular complexity index is 433. The molecule has 2 rings (SSSR count). The molecule has 0 bridgehead atoms. The van der Waals surface area contributed by atoms with E-state index in [1.165, 1.54) is 11.3 Å². The summed E-state index contributed by atoms with van der Waals surface area (Å²) in [6, 6.07) is 3.84. The van der Waals surface area contributed by atoms with Crippen LogP contribution in [-0.4, -0.2) is 15.9 Å². The number of hydrogen-bond donors (Lipinski definition) is 2. The smallest absolute Gasteiger partial charge is 0.224 e. The number of primary amides is 1. The van der Waals surface area contributed by atoms with E-state index in [2.05, 4.69) is 9.97 Å². The van der Waals surface area contributed by atoms with Crippen molar-refractivity contribution in [3.8, 4) is 11.4 Å². The number of aromatic amines is 1. The second-order valence-corrected chi connectivity index (χ2v) is 3.80. The van der Waals surface area contributed by atoms with E-state index in [1.54, 1.807) is 0 Å². The van der Waals surface area contributed by atoms with Gasteiger partial charge >= 0.3 is 0 Å². The Labute approximate surface area is 84.8 Å². The summed E-state index contributed by atoms with van der Waals surface area (Å²) < 4.78 is 0. The zero-order valence-electron chi connectivity index (χ0n) is 7.36. The molecule has 1 amide bonds. The highest BCUT2D eigenvalue weighted by atomic mass is 32.1. The van der Waals surface area contributed by atoms with Gasteiger partial charge in [0.25, 0.3) is 0 Å². The highest BCUT2D eigenvalue weighted by Crippen LogP contribution is 2.19. The van der Waals surface area contributed by atoms with E-state index in [0.29, 0.717) is 0 Å². The Morgan fingerprint density at radius 1 is 1.64 bits per heavy atom. The van der Waals surface area contributed by atoms with Gasteiger partial charge in [0.05, 0.1) is 17.8 Å². The average molecular weight is 207 g/mol. The number of H-pyrrole nitrogens is 1.